The molecule has 0 saturated heterocycles. The van der Waals surface area contributed by atoms with Gasteiger partial charge in [-0.1, -0.05) is 29.3 Å². The molecule has 150 valence electrons. The summed E-state index contributed by atoms with van der Waals surface area (Å²) in [5.74, 6) is -0.714. The Kier molecular flexibility index (Phi) is 5.20. The van der Waals surface area contributed by atoms with Gasteiger partial charge in [0.25, 0.3) is 17.7 Å². The number of nitrogens with one attached hydrogen (secondary N) is 1. The fourth-order valence-electron chi connectivity index (χ4n) is 3.13. The van der Waals surface area contributed by atoms with Crippen LogP contribution in [-0.4, -0.2) is 24.8 Å². The summed E-state index contributed by atoms with van der Waals surface area (Å²) in [5, 5.41) is 3.16. The van der Waals surface area contributed by atoms with Crippen LogP contribution in [0.25, 0.3) is 0 Å². The number of rotatable bonds is 4. The number of carbonyl (C=O) groups is 3. The maximum Gasteiger partial charge on any atom is 0.266 e. The minimum Gasteiger partial charge on any atom is -0.497 e. The molecular formula is C22H14Cl2N2O4. The lowest BCUT2D eigenvalue weighted by Gasteiger charge is -2.14. The number of imide groups is 1. The smallest absolute Gasteiger partial charge is 0.266 e. The van der Waals surface area contributed by atoms with Crippen molar-refractivity contribution < 1.29 is 19.1 Å². The van der Waals surface area contributed by atoms with Crippen LogP contribution in [-0.2, 0) is 0 Å². The highest BCUT2D eigenvalue weighted by atomic mass is 35.5. The van der Waals surface area contributed by atoms with E-state index in [1.807, 2.05) is 0 Å². The summed E-state index contributed by atoms with van der Waals surface area (Å²) in [6.07, 6.45) is 0. The minimum atomic E-state index is -0.498. The molecular weight excluding hydrogens is 427 g/mol. The summed E-state index contributed by atoms with van der Waals surface area (Å²) in [4.78, 5) is 38.9. The molecule has 3 amide bonds. The average Bonchev–Trinajstić information content (AvgIpc) is 2.98. The molecule has 30 heavy (non-hydrogen) atoms. The molecule has 3 aromatic carbocycles. The number of hydrogen-bond donors (Lipinski definition) is 1. The molecule has 4 rings (SSSR count). The van der Waals surface area contributed by atoms with E-state index in [2.05, 4.69) is 5.32 Å². The van der Waals surface area contributed by atoms with E-state index in [0.29, 0.717) is 22.7 Å². The molecule has 1 heterocycles. The standard InChI is InChI=1S/C22H14Cl2N2O4/c1-30-15-4-2-3-13(9-15)25-20(27)12-5-7-14(8-6-12)26-21(28)16-10-18(23)19(24)11-17(16)22(26)29/h2-11H,1H3,(H,25,27). The van der Waals surface area contributed by atoms with Crippen molar-refractivity contribution in [3.63, 3.8) is 0 Å². The third-order valence-electron chi connectivity index (χ3n) is 4.64. The van der Waals surface area contributed by atoms with Gasteiger partial charge in [0.05, 0.1) is 34.0 Å². The first-order valence-corrected chi connectivity index (χ1v) is 9.58. The van der Waals surface area contributed by atoms with E-state index in [1.54, 1.807) is 31.4 Å². The second kappa shape index (κ2) is 7.82. The van der Waals surface area contributed by atoms with E-state index < -0.39 is 11.8 Å². The molecule has 1 aliphatic rings. The number of methoxy groups -OCH3 is 1. The number of anilines is 2. The summed E-state index contributed by atoms with van der Waals surface area (Å²) < 4.78 is 5.14. The first kappa shape index (κ1) is 19.9. The number of hydrogen-bond acceptors (Lipinski definition) is 4. The molecule has 8 heteroatoms. The third kappa shape index (κ3) is 3.51. The van der Waals surface area contributed by atoms with Crippen LogP contribution in [0.4, 0.5) is 11.4 Å². The Morgan fingerprint density at radius 3 is 2.07 bits per heavy atom. The van der Waals surface area contributed by atoms with Gasteiger partial charge in [-0.05, 0) is 48.5 Å². The number of ether oxygens (including phenoxy) is 1. The van der Waals surface area contributed by atoms with Gasteiger partial charge in [-0.3, -0.25) is 14.4 Å². The molecule has 0 fully saturated rings. The van der Waals surface area contributed by atoms with Gasteiger partial charge >= 0.3 is 0 Å². The first-order chi connectivity index (χ1) is 14.4. The number of nitrogens with zero attached hydrogens (tertiary/aromatic N) is 1. The molecule has 0 radical (unpaired) electrons. The van der Waals surface area contributed by atoms with Crippen LogP contribution in [0.5, 0.6) is 5.75 Å². The zero-order valence-corrected chi connectivity index (χ0v) is 17.1. The zero-order valence-electron chi connectivity index (χ0n) is 15.6. The molecule has 1 N–H and O–H groups in total. The van der Waals surface area contributed by atoms with Crippen molar-refractivity contribution in [1.82, 2.24) is 0 Å². The lowest BCUT2D eigenvalue weighted by atomic mass is 10.1. The highest BCUT2D eigenvalue weighted by molar-refractivity contribution is 6.44. The van der Waals surface area contributed by atoms with Gasteiger partial charge in [0.2, 0.25) is 0 Å². The van der Waals surface area contributed by atoms with Gasteiger partial charge in [0.1, 0.15) is 5.75 Å². The topological polar surface area (TPSA) is 75.7 Å². The molecule has 0 atom stereocenters. The normalized spacial score (nSPS) is 12.7. The minimum absolute atomic E-state index is 0.189. The second-order valence-electron chi connectivity index (χ2n) is 6.49. The first-order valence-electron chi connectivity index (χ1n) is 8.82. The van der Waals surface area contributed by atoms with E-state index in [-0.39, 0.29) is 27.1 Å². The van der Waals surface area contributed by atoms with E-state index in [4.69, 9.17) is 27.9 Å². The lowest BCUT2D eigenvalue weighted by molar-refractivity contribution is 0.0925. The van der Waals surface area contributed by atoms with Crippen LogP contribution in [0.1, 0.15) is 31.1 Å². The van der Waals surface area contributed by atoms with Crippen molar-refractivity contribution in [3.05, 3.63) is 87.4 Å². The van der Waals surface area contributed by atoms with Gasteiger partial charge in [-0.25, -0.2) is 4.90 Å². The fourth-order valence-corrected chi connectivity index (χ4v) is 3.46. The predicted molar refractivity (Wildman–Crippen MR) is 115 cm³/mol. The van der Waals surface area contributed by atoms with E-state index >= 15 is 0 Å². The Balaban J connectivity index is 1.56. The Morgan fingerprint density at radius 2 is 1.50 bits per heavy atom. The van der Waals surface area contributed by atoms with Crippen LogP contribution in [0, 0.1) is 0 Å². The number of amides is 3. The SMILES string of the molecule is COc1cccc(NC(=O)c2ccc(N3C(=O)c4cc(Cl)c(Cl)cc4C3=O)cc2)c1. The van der Waals surface area contributed by atoms with Crippen molar-refractivity contribution in [3.8, 4) is 5.75 Å². The van der Waals surface area contributed by atoms with Gasteiger partial charge in [-0.15, -0.1) is 0 Å². The maximum atomic E-state index is 12.7. The summed E-state index contributed by atoms with van der Waals surface area (Å²) >= 11 is 11.9. The maximum absolute atomic E-state index is 12.7. The largest absolute Gasteiger partial charge is 0.497 e. The van der Waals surface area contributed by atoms with Crippen LogP contribution < -0.4 is 15.0 Å². The highest BCUT2D eigenvalue weighted by Crippen LogP contribution is 2.34. The van der Waals surface area contributed by atoms with Crippen LogP contribution >= 0.6 is 23.2 Å². The number of halogens is 2. The molecule has 1 aliphatic heterocycles. The van der Waals surface area contributed by atoms with E-state index in [9.17, 15) is 14.4 Å². The number of fused-ring (bicyclic) bond motifs is 1. The second-order valence-corrected chi connectivity index (χ2v) is 7.30. The van der Waals surface area contributed by atoms with Gasteiger partial charge in [-0.2, -0.15) is 0 Å². The molecule has 0 spiro atoms. The lowest BCUT2D eigenvalue weighted by Crippen LogP contribution is -2.29. The number of carbonyl (C=O) groups excluding carboxylic acids is 3. The summed E-state index contributed by atoms with van der Waals surface area (Å²) in [7, 11) is 1.54. The van der Waals surface area contributed by atoms with Crippen molar-refractivity contribution in [2.45, 2.75) is 0 Å². The third-order valence-corrected chi connectivity index (χ3v) is 5.36. The molecule has 0 aromatic heterocycles. The van der Waals surface area contributed by atoms with Crippen LogP contribution in [0.15, 0.2) is 60.7 Å². The summed E-state index contributed by atoms with van der Waals surface area (Å²) in [5.41, 5.74) is 1.66. The molecule has 0 saturated carbocycles. The average molecular weight is 441 g/mol. The molecule has 0 unspecified atom stereocenters. The van der Waals surface area contributed by atoms with Crippen molar-refractivity contribution in [2.75, 3.05) is 17.3 Å². The Bertz CT molecular complexity index is 1150. The Morgan fingerprint density at radius 1 is 0.900 bits per heavy atom. The molecule has 6 nitrogen and oxygen atoms in total. The van der Waals surface area contributed by atoms with E-state index in [0.717, 1.165) is 4.90 Å². The molecule has 3 aromatic rings. The van der Waals surface area contributed by atoms with Gasteiger partial charge in [0, 0.05) is 17.3 Å². The van der Waals surface area contributed by atoms with Gasteiger partial charge < -0.3 is 10.1 Å². The fraction of sp³-hybridized carbons (Fsp3) is 0.0455. The Labute approximate surface area is 182 Å². The van der Waals surface area contributed by atoms with Crippen LogP contribution in [0.3, 0.4) is 0 Å². The van der Waals surface area contributed by atoms with Gasteiger partial charge in [0.15, 0.2) is 0 Å². The monoisotopic (exact) mass is 440 g/mol. The molecule has 0 aliphatic carbocycles. The highest BCUT2D eigenvalue weighted by Gasteiger charge is 2.37. The summed E-state index contributed by atoms with van der Waals surface area (Å²) in [6.45, 7) is 0. The quantitative estimate of drug-likeness (QED) is 0.575. The number of benzene rings is 3. The zero-order chi connectivity index (χ0) is 21.4. The van der Waals surface area contributed by atoms with Crippen molar-refractivity contribution >= 4 is 52.3 Å². The molecule has 0 bridgehead atoms. The summed E-state index contributed by atoms with van der Waals surface area (Å²) in [6, 6.07) is 15.9. The predicted octanol–water partition coefficient (Wildman–Crippen LogP) is 5.05. The Hall–Kier alpha value is -3.35. The van der Waals surface area contributed by atoms with Crippen molar-refractivity contribution in [1.29, 1.82) is 0 Å². The van der Waals surface area contributed by atoms with Crippen LogP contribution in [0.2, 0.25) is 10.0 Å². The van der Waals surface area contributed by atoms with Crippen molar-refractivity contribution in [2.24, 2.45) is 0 Å². The van der Waals surface area contributed by atoms with E-state index in [1.165, 1.54) is 36.4 Å².